The predicted octanol–water partition coefficient (Wildman–Crippen LogP) is 2.21. The second-order valence-corrected chi connectivity index (χ2v) is 9.08. The summed E-state index contributed by atoms with van der Waals surface area (Å²) in [6.45, 7) is -0.128. The topological polar surface area (TPSA) is 146 Å². The zero-order chi connectivity index (χ0) is 26.4. The third-order valence-electron chi connectivity index (χ3n) is 4.99. The van der Waals surface area contributed by atoms with Gasteiger partial charge in [-0.25, -0.2) is 10.1 Å². The number of esters is 1. The van der Waals surface area contributed by atoms with Crippen molar-refractivity contribution in [2.24, 2.45) is 5.10 Å². The molecule has 2 N–H and O–H groups in total. The van der Waals surface area contributed by atoms with E-state index in [9.17, 15) is 19.2 Å². The molecule has 2 heterocycles. The molecule has 4 rings (SSSR count). The molecule has 0 aliphatic carbocycles. The molecule has 3 amide bonds. The molecule has 12 nitrogen and oxygen atoms in total. The van der Waals surface area contributed by atoms with Crippen LogP contribution in [0.15, 0.2) is 60.0 Å². The number of hydrogen-bond acceptors (Lipinski definition) is 10. The van der Waals surface area contributed by atoms with Crippen LogP contribution in [-0.4, -0.2) is 55.9 Å². The maximum atomic E-state index is 12.3. The molecule has 1 fully saturated rings. The number of nitrogens with one attached hydrogen (secondary N) is 2. The summed E-state index contributed by atoms with van der Waals surface area (Å²) in [6, 6.07) is 14.0. The van der Waals surface area contributed by atoms with Crippen LogP contribution in [0.3, 0.4) is 0 Å². The fourth-order valence-corrected chi connectivity index (χ4v) is 4.32. The van der Waals surface area contributed by atoms with Gasteiger partial charge in [0.25, 0.3) is 11.1 Å². The van der Waals surface area contributed by atoms with Crippen LogP contribution in [0.1, 0.15) is 12.0 Å². The lowest BCUT2D eigenvalue weighted by Gasteiger charge is -2.10. The van der Waals surface area contributed by atoms with Crippen LogP contribution in [-0.2, 0) is 20.9 Å². The summed E-state index contributed by atoms with van der Waals surface area (Å²) >= 11 is 6.14. The maximum Gasteiger partial charge on any atom is 0.312 e. The molecule has 1 unspecified atom stereocenters. The largest absolute Gasteiger partial charge is 0.493 e. The number of hydrogen-bond donors (Lipinski definition) is 2. The van der Waals surface area contributed by atoms with Crippen LogP contribution in [0.5, 0.6) is 11.5 Å². The number of benzene rings is 2. The molecular formula is C23H20N6O6S2. The van der Waals surface area contributed by atoms with Gasteiger partial charge in [0.05, 0.1) is 19.7 Å². The lowest BCUT2D eigenvalue weighted by atomic mass is 10.2. The van der Waals surface area contributed by atoms with Crippen molar-refractivity contribution in [3.8, 4) is 17.2 Å². The van der Waals surface area contributed by atoms with E-state index in [2.05, 4.69) is 20.9 Å². The van der Waals surface area contributed by atoms with E-state index in [0.717, 1.165) is 17.4 Å². The van der Waals surface area contributed by atoms with Crippen molar-refractivity contribution in [3.05, 3.63) is 65.2 Å². The van der Waals surface area contributed by atoms with Gasteiger partial charge in [0.15, 0.2) is 11.5 Å². The Morgan fingerprint density at radius 3 is 2.70 bits per heavy atom. The first-order valence-electron chi connectivity index (χ1n) is 10.8. The van der Waals surface area contributed by atoms with Crippen LogP contribution >= 0.6 is 24.0 Å². The average molecular weight is 541 g/mol. The lowest BCUT2D eigenvalue weighted by molar-refractivity contribution is -0.136. The van der Waals surface area contributed by atoms with Crippen LogP contribution in [0.4, 0.5) is 4.79 Å². The van der Waals surface area contributed by atoms with Gasteiger partial charge in [-0.1, -0.05) is 30.0 Å². The fraction of sp³-hybridized carbons (Fsp3) is 0.174. The zero-order valence-electron chi connectivity index (χ0n) is 19.3. The monoisotopic (exact) mass is 540 g/mol. The third-order valence-corrected chi connectivity index (χ3v) is 6.38. The van der Waals surface area contributed by atoms with E-state index in [-0.39, 0.29) is 24.5 Å². The molecule has 1 aliphatic heterocycles. The number of carbonyl (C=O) groups is 4. The van der Waals surface area contributed by atoms with E-state index in [1.807, 2.05) is 30.3 Å². The van der Waals surface area contributed by atoms with E-state index in [0.29, 0.717) is 10.3 Å². The first-order chi connectivity index (χ1) is 17.8. The number of para-hydroxylation sites is 1. The van der Waals surface area contributed by atoms with Gasteiger partial charge in [-0.3, -0.25) is 29.1 Å². The Balaban J connectivity index is 1.33. The SMILES string of the molecule is COc1cc(C=NNC(=O)Cn2ncn(-c3ccccc3)c2=S)ccc1OC(=O)CC1SC(=O)NC1=O. The number of ether oxygens (including phenoxy) is 2. The molecular weight excluding hydrogens is 520 g/mol. The highest BCUT2D eigenvalue weighted by Crippen LogP contribution is 2.29. The number of aromatic nitrogens is 3. The minimum atomic E-state index is -0.831. The van der Waals surface area contributed by atoms with Gasteiger partial charge in [-0.15, -0.1) is 0 Å². The van der Waals surface area contributed by atoms with Gasteiger partial charge >= 0.3 is 5.97 Å². The van der Waals surface area contributed by atoms with Gasteiger partial charge in [0.1, 0.15) is 18.1 Å². The van der Waals surface area contributed by atoms with Gasteiger partial charge in [0.2, 0.25) is 10.7 Å². The Kier molecular flexibility index (Phi) is 8.10. The van der Waals surface area contributed by atoms with Gasteiger partial charge < -0.3 is 9.47 Å². The predicted molar refractivity (Wildman–Crippen MR) is 136 cm³/mol. The smallest absolute Gasteiger partial charge is 0.312 e. The molecule has 1 aliphatic rings. The second kappa shape index (κ2) is 11.6. The lowest BCUT2D eigenvalue weighted by Crippen LogP contribution is -2.27. The summed E-state index contributed by atoms with van der Waals surface area (Å²) in [4.78, 5) is 47.4. The fourth-order valence-electron chi connectivity index (χ4n) is 3.25. The molecule has 14 heteroatoms. The average Bonchev–Trinajstić information content (AvgIpc) is 3.40. The standard InChI is InChI=1S/C23H20N6O6S2/c1-34-17-9-14(7-8-16(17)35-20(31)10-18-21(32)26-22(33)37-18)11-24-27-19(30)12-29-23(36)28(13-25-29)15-5-3-2-4-6-15/h2-9,11,13,18H,10,12H2,1H3,(H,27,30)(H,26,32,33). The number of nitrogens with zero attached hydrogens (tertiary/aromatic N) is 4. The van der Waals surface area contributed by atoms with Gasteiger partial charge in [-0.2, -0.15) is 10.2 Å². The highest BCUT2D eigenvalue weighted by atomic mass is 32.2. The van der Waals surface area contributed by atoms with Crippen LogP contribution in [0.25, 0.3) is 5.69 Å². The molecule has 3 aromatic rings. The van der Waals surface area contributed by atoms with Gasteiger partial charge in [0, 0.05) is 5.69 Å². The first-order valence-corrected chi connectivity index (χ1v) is 12.0. The highest BCUT2D eigenvalue weighted by Gasteiger charge is 2.34. The number of imide groups is 1. The molecule has 37 heavy (non-hydrogen) atoms. The van der Waals surface area contributed by atoms with E-state index in [1.165, 1.54) is 30.4 Å². The molecule has 2 aromatic carbocycles. The zero-order valence-corrected chi connectivity index (χ0v) is 21.0. The van der Waals surface area contributed by atoms with Crippen molar-refractivity contribution in [1.29, 1.82) is 0 Å². The summed E-state index contributed by atoms with van der Waals surface area (Å²) in [5.41, 5.74) is 3.79. The van der Waals surface area contributed by atoms with Crippen molar-refractivity contribution < 1.29 is 28.7 Å². The molecule has 1 atom stereocenters. The molecule has 1 saturated heterocycles. The van der Waals surface area contributed by atoms with E-state index >= 15 is 0 Å². The molecule has 190 valence electrons. The van der Waals surface area contributed by atoms with Crippen molar-refractivity contribution in [2.75, 3.05) is 7.11 Å². The number of methoxy groups -OCH3 is 1. The van der Waals surface area contributed by atoms with E-state index < -0.39 is 28.3 Å². The number of carbonyl (C=O) groups excluding carboxylic acids is 4. The summed E-state index contributed by atoms with van der Waals surface area (Å²) in [6.07, 6.45) is 2.66. The van der Waals surface area contributed by atoms with Crippen LogP contribution < -0.4 is 20.2 Å². The van der Waals surface area contributed by atoms with E-state index in [1.54, 1.807) is 16.7 Å². The molecule has 0 spiro atoms. The molecule has 0 radical (unpaired) electrons. The van der Waals surface area contributed by atoms with Crippen molar-refractivity contribution in [2.45, 2.75) is 18.2 Å². The second-order valence-electron chi connectivity index (χ2n) is 7.54. The minimum Gasteiger partial charge on any atom is -0.493 e. The van der Waals surface area contributed by atoms with Crippen LogP contribution in [0, 0.1) is 4.77 Å². The Morgan fingerprint density at radius 1 is 1.22 bits per heavy atom. The Labute approximate surface area is 219 Å². The normalized spacial score (nSPS) is 15.0. The Hall–Kier alpha value is -4.30. The van der Waals surface area contributed by atoms with Crippen LogP contribution in [0.2, 0.25) is 0 Å². The highest BCUT2D eigenvalue weighted by molar-refractivity contribution is 8.15. The Morgan fingerprint density at radius 2 is 2.00 bits per heavy atom. The molecule has 0 bridgehead atoms. The minimum absolute atomic E-state index is 0.128. The summed E-state index contributed by atoms with van der Waals surface area (Å²) in [5, 5.41) is 8.88. The number of thioether (sulfide) groups is 1. The molecule has 1 aromatic heterocycles. The van der Waals surface area contributed by atoms with Gasteiger partial charge in [-0.05, 0) is 48.1 Å². The summed E-state index contributed by atoms with van der Waals surface area (Å²) < 4.78 is 14.0. The summed E-state index contributed by atoms with van der Waals surface area (Å²) in [5.74, 6) is -1.29. The molecule has 0 saturated carbocycles. The van der Waals surface area contributed by atoms with Crippen molar-refractivity contribution >= 4 is 53.2 Å². The van der Waals surface area contributed by atoms with E-state index in [4.69, 9.17) is 21.7 Å². The van der Waals surface area contributed by atoms with Crippen molar-refractivity contribution in [3.63, 3.8) is 0 Å². The third kappa shape index (κ3) is 6.48. The Bertz CT molecular complexity index is 1430. The first kappa shape index (κ1) is 25.8. The van der Waals surface area contributed by atoms with Crippen molar-refractivity contribution in [1.82, 2.24) is 25.1 Å². The number of amides is 3. The quantitative estimate of drug-likeness (QED) is 0.137. The summed E-state index contributed by atoms with van der Waals surface area (Å²) in [7, 11) is 1.40. The number of hydrazone groups is 1. The maximum absolute atomic E-state index is 12.3. The number of rotatable bonds is 9.